The highest BCUT2D eigenvalue weighted by atomic mass is 32.2. The predicted molar refractivity (Wildman–Crippen MR) is 143 cm³/mol. The summed E-state index contributed by atoms with van der Waals surface area (Å²) in [7, 11) is 1.30. The number of Topliss-reactive ketones (excluding diaryl/α,β-unsaturated/α-hetero) is 2. The van der Waals surface area contributed by atoms with Gasteiger partial charge in [0.2, 0.25) is 0 Å². The number of benzene rings is 2. The highest BCUT2D eigenvalue weighted by Gasteiger charge is 2.40. The molecule has 0 spiro atoms. The van der Waals surface area contributed by atoms with E-state index in [4.69, 9.17) is 4.74 Å². The Bertz CT molecular complexity index is 1110. The molecule has 0 saturated heterocycles. The first-order chi connectivity index (χ1) is 17.7. The molecule has 0 amide bonds. The molecule has 0 radical (unpaired) electrons. The lowest BCUT2D eigenvalue weighted by Gasteiger charge is -2.39. The van der Waals surface area contributed by atoms with E-state index in [-0.39, 0.29) is 47.6 Å². The number of esters is 1. The van der Waals surface area contributed by atoms with E-state index in [2.05, 4.69) is 4.74 Å². The van der Waals surface area contributed by atoms with Gasteiger partial charge in [-0.1, -0.05) is 38.3 Å². The summed E-state index contributed by atoms with van der Waals surface area (Å²) in [4.78, 5) is 36.4. The van der Waals surface area contributed by atoms with Gasteiger partial charge in [0.05, 0.1) is 19.1 Å². The summed E-state index contributed by atoms with van der Waals surface area (Å²) in [5.41, 5.74) is 0.322. The lowest BCUT2D eigenvalue weighted by Crippen LogP contribution is -2.48. The summed E-state index contributed by atoms with van der Waals surface area (Å²) in [5.74, 6) is -0.297. The van der Waals surface area contributed by atoms with Crippen LogP contribution >= 0.6 is 11.8 Å². The van der Waals surface area contributed by atoms with Gasteiger partial charge in [0.25, 0.3) is 0 Å². The van der Waals surface area contributed by atoms with E-state index >= 15 is 0 Å². The number of methoxy groups -OCH3 is 1. The number of phenolic OH excluding ortho intramolecular Hbond substituents is 1. The van der Waals surface area contributed by atoms with Crippen molar-refractivity contribution in [3.05, 3.63) is 53.1 Å². The van der Waals surface area contributed by atoms with E-state index in [1.54, 1.807) is 36.0 Å². The maximum Gasteiger partial charge on any atom is 0.305 e. The molecule has 37 heavy (non-hydrogen) atoms. The summed E-state index contributed by atoms with van der Waals surface area (Å²) in [6, 6.07) is 10.5. The van der Waals surface area contributed by atoms with Crippen LogP contribution in [0.15, 0.2) is 41.3 Å². The van der Waals surface area contributed by atoms with Gasteiger partial charge in [0.1, 0.15) is 23.7 Å². The summed E-state index contributed by atoms with van der Waals surface area (Å²) in [6.45, 7) is 3.48. The van der Waals surface area contributed by atoms with E-state index in [9.17, 15) is 24.6 Å². The van der Waals surface area contributed by atoms with Crippen LogP contribution in [0.3, 0.4) is 0 Å². The van der Waals surface area contributed by atoms with Crippen molar-refractivity contribution in [2.75, 3.05) is 13.7 Å². The number of hydrogen-bond donors (Lipinski definition) is 2. The summed E-state index contributed by atoms with van der Waals surface area (Å²) < 4.78 is 10.7. The first-order valence-corrected chi connectivity index (χ1v) is 13.6. The van der Waals surface area contributed by atoms with E-state index in [1.165, 1.54) is 14.0 Å². The Hall–Kier alpha value is -2.84. The highest BCUT2D eigenvalue weighted by molar-refractivity contribution is 8.00. The molecule has 2 aromatic carbocycles. The molecule has 1 aliphatic rings. The van der Waals surface area contributed by atoms with Crippen LogP contribution in [0, 0.1) is 0 Å². The van der Waals surface area contributed by atoms with Gasteiger partial charge in [0.15, 0.2) is 11.6 Å². The van der Waals surface area contributed by atoms with Crippen LogP contribution in [0.5, 0.6) is 11.5 Å². The number of aromatic hydroxyl groups is 1. The van der Waals surface area contributed by atoms with Crippen molar-refractivity contribution in [2.45, 2.75) is 81.0 Å². The summed E-state index contributed by atoms with van der Waals surface area (Å²) >= 11 is 1.56. The lowest BCUT2D eigenvalue weighted by molar-refractivity contribution is -0.140. The van der Waals surface area contributed by atoms with Gasteiger partial charge in [0, 0.05) is 27.7 Å². The molecule has 200 valence electrons. The molecule has 2 atom stereocenters. The first kappa shape index (κ1) is 28.7. The highest BCUT2D eigenvalue weighted by Crippen LogP contribution is 2.41. The zero-order chi connectivity index (χ0) is 27.0. The minimum absolute atomic E-state index is 0.0466. The number of carbonyl (C=O) groups excluding carboxylic acids is 3. The Balaban J connectivity index is 1.70. The zero-order valence-corrected chi connectivity index (χ0v) is 22.6. The minimum atomic E-state index is -1.07. The molecule has 0 bridgehead atoms. The number of hydrogen-bond acceptors (Lipinski definition) is 8. The second-order valence-electron chi connectivity index (χ2n) is 9.51. The molecular weight excluding hydrogens is 492 g/mol. The fourth-order valence-electron chi connectivity index (χ4n) is 4.60. The number of phenols is 1. The number of carbonyl (C=O) groups is 3. The maximum atomic E-state index is 12.3. The molecule has 8 heteroatoms. The average Bonchev–Trinajstić information content (AvgIpc) is 2.89. The van der Waals surface area contributed by atoms with Crippen LogP contribution in [0.4, 0.5) is 0 Å². The van der Waals surface area contributed by atoms with Crippen molar-refractivity contribution in [2.24, 2.45) is 0 Å². The molecule has 3 rings (SSSR count). The van der Waals surface area contributed by atoms with E-state index in [0.29, 0.717) is 29.7 Å². The lowest BCUT2D eigenvalue weighted by atomic mass is 9.85. The smallest absolute Gasteiger partial charge is 0.305 e. The van der Waals surface area contributed by atoms with Gasteiger partial charge in [-0.3, -0.25) is 14.4 Å². The fraction of sp³-hybridized carbons (Fsp3) is 0.483. The number of aliphatic hydroxyl groups is 1. The Morgan fingerprint density at radius 1 is 1.08 bits per heavy atom. The third-order valence-electron chi connectivity index (χ3n) is 6.76. The van der Waals surface area contributed by atoms with Crippen molar-refractivity contribution < 1.29 is 34.1 Å². The monoisotopic (exact) mass is 528 g/mol. The molecule has 1 saturated carbocycles. The quantitative estimate of drug-likeness (QED) is 0.273. The fourth-order valence-corrected chi connectivity index (χ4v) is 5.91. The molecule has 0 aromatic heterocycles. The minimum Gasteiger partial charge on any atom is -0.507 e. The Morgan fingerprint density at radius 2 is 1.81 bits per heavy atom. The maximum absolute atomic E-state index is 12.3. The van der Waals surface area contributed by atoms with Crippen molar-refractivity contribution in [3.63, 3.8) is 0 Å². The Morgan fingerprint density at radius 3 is 2.46 bits per heavy atom. The molecule has 2 aromatic rings. The predicted octanol–water partition coefficient (Wildman–Crippen LogP) is 5.53. The van der Waals surface area contributed by atoms with Crippen molar-refractivity contribution in [1.29, 1.82) is 0 Å². The van der Waals surface area contributed by atoms with E-state index < -0.39 is 11.6 Å². The molecule has 0 heterocycles. The zero-order valence-electron chi connectivity index (χ0n) is 21.7. The second-order valence-corrected chi connectivity index (χ2v) is 10.8. The van der Waals surface area contributed by atoms with Gasteiger partial charge in [-0.05, 0) is 50.5 Å². The van der Waals surface area contributed by atoms with Gasteiger partial charge >= 0.3 is 5.97 Å². The third-order valence-corrected chi connectivity index (χ3v) is 8.26. The molecule has 0 aliphatic heterocycles. The van der Waals surface area contributed by atoms with Crippen LogP contribution in [0.2, 0.25) is 0 Å². The largest absolute Gasteiger partial charge is 0.507 e. The summed E-state index contributed by atoms with van der Waals surface area (Å²) in [6.07, 6.45) is 4.78. The average molecular weight is 529 g/mol. The van der Waals surface area contributed by atoms with Crippen molar-refractivity contribution in [1.82, 2.24) is 0 Å². The van der Waals surface area contributed by atoms with Gasteiger partial charge in [-0.2, -0.15) is 0 Å². The van der Waals surface area contributed by atoms with Crippen LogP contribution in [0.1, 0.15) is 85.1 Å². The SMILES string of the molecule is CCCc1c(OCC2(O)CCCCC2Sc2ccc(C(=O)CCC(=O)OC)cc2)ccc(C(C)=O)c1O. The van der Waals surface area contributed by atoms with Gasteiger partial charge < -0.3 is 19.7 Å². The molecule has 2 unspecified atom stereocenters. The van der Waals surface area contributed by atoms with E-state index in [0.717, 1.165) is 30.6 Å². The molecule has 7 nitrogen and oxygen atoms in total. The normalized spacial score (nSPS) is 19.3. The molecule has 1 fully saturated rings. The molecule has 1 aliphatic carbocycles. The number of rotatable bonds is 12. The Kier molecular flexibility index (Phi) is 10.2. The standard InChI is InChI=1S/C29H36O7S/c1-4-7-23-25(15-13-22(19(2)30)28(23)33)36-18-29(34)17-6-5-8-26(29)37-21-11-9-20(10-12-21)24(31)14-16-27(32)35-3/h9-13,15,26,33-34H,4-8,14,16-18H2,1-3H3. The number of ether oxygens (including phenoxy) is 2. The van der Waals surface area contributed by atoms with E-state index in [1.807, 2.05) is 19.1 Å². The molecule has 2 N–H and O–H groups in total. The summed E-state index contributed by atoms with van der Waals surface area (Å²) in [5, 5.41) is 22.1. The van der Waals surface area contributed by atoms with Crippen molar-refractivity contribution in [3.8, 4) is 11.5 Å². The topological polar surface area (TPSA) is 110 Å². The number of thioether (sulfide) groups is 1. The van der Waals surface area contributed by atoms with Crippen LogP contribution in [-0.4, -0.2) is 52.3 Å². The van der Waals surface area contributed by atoms with Gasteiger partial charge in [-0.15, -0.1) is 11.8 Å². The first-order valence-electron chi connectivity index (χ1n) is 12.8. The Labute approximate surface area is 222 Å². The van der Waals surface area contributed by atoms with Crippen LogP contribution in [0.25, 0.3) is 0 Å². The second kappa shape index (κ2) is 13.1. The van der Waals surface area contributed by atoms with Crippen LogP contribution < -0.4 is 4.74 Å². The van der Waals surface area contributed by atoms with Crippen molar-refractivity contribution >= 4 is 29.3 Å². The number of ketones is 2. The van der Waals surface area contributed by atoms with Crippen LogP contribution in [-0.2, 0) is 16.0 Å². The molecular formula is C29H36O7S. The van der Waals surface area contributed by atoms with Gasteiger partial charge in [-0.25, -0.2) is 0 Å². The third kappa shape index (κ3) is 7.36.